The lowest BCUT2D eigenvalue weighted by molar-refractivity contribution is -0.660. The maximum absolute atomic E-state index is 14.7. The summed E-state index contributed by atoms with van der Waals surface area (Å²) in [4.78, 5) is 0. The van der Waals surface area contributed by atoms with Gasteiger partial charge >= 0.3 is 0 Å². The molecule has 0 aliphatic carbocycles. The van der Waals surface area contributed by atoms with Crippen LogP contribution in [0.1, 0.15) is 83.5 Å². The second-order valence-corrected chi connectivity index (χ2v) is 32.8. The molecule has 10 heterocycles. The summed E-state index contributed by atoms with van der Waals surface area (Å²) in [6.07, 6.45) is 10.3. The Hall–Kier alpha value is -13.5. The van der Waals surface area contributed by atoms with E-state index in [0.29, 0.717) is 71.7 Å². The average molecular weight is 1640 g/mol. The Morgan fingerprint density at radius 3 is 1.07 bits per heavy atom. The molecule has 122 heavy (non-hydrogen) atoms. The van der Waals surface area contributed by atoms with Gasteiger partial charge in [0.15, 0.2) is 36.6 Å². The van der Waals surface area contributed by atoms with Gasteiger partial charge in [-0.15, -0.1) is 0 Å². The van der Waals surface area contributed by atoms with E-state index in [2.05, 4.69) is 147 Å². The maximum Gasteiger partial charge on any atom is 0.216 e. The number of hydrogen-bond donors (Lipinski definition) is 0. The third-order valence-electron chi connectivity index (χ3n) is 23.5. The molecule has 17 heteroatoms. The number of hydrogen-bond acceptors (Lipinski definition) is 5. The normalized spacial score (nSPS) is 11.6. The fourth-order valence-corrected chi connectivity index (χ4v) is 17.6. The fourth-order valence-electron chi connectivity index (χ4n) is 17.6. The molecule has 10 aromatic heterocycles. The Labute approximate surface area is 701 Å². The lowest BCUT2D eigenvalue weighted by Crippen LogP contribution is -2.31. The van der Waals surface area contributed by atoms with Crippen LogP contribution in [0.25, 0.3) is 166 Å². The van der Waals surface area contributed by atoms with E-state index in [1.54, 1.807) is 39.0 Å². The molecule has 0 saturated heterocycles. The minimum Gasteiger partial charge on any atom is -0.455 e. The first-order chi connectivity index (χ1) is 58.1. The van der Waals surface area contributed by atoms with E-state index in [-0.39, 0.29) is 34.7 Å². The van der Waals surface area contributed by atoms with E-state index >= 15 is 0 Å². The Morgan fingerprint density at radius 1 is 0.205 bits per heavy atom. The van der Waals surface area contributed by atoms with Gasteiger partial charge in [-0.3, -0.25) is 0 Å². The summed E-state index contributed by atoms with van der Waals surface area (Å²) >= 11 is 0. The zero-order valence-electron chi connectivity index (χ0n) is 72.0. The van der Waals surface area contributed by atoms with E-state index in [1.165, 1.54) is 53.1 Å². The Balaban J connectivity index is 0.000000113. The standard InChI is InChI=1S/2C21H18F2NO.3C21H19FNO/c1-11-5-8-17(24(4)10-11)18-12(2)9-16(23)19-14-6-7-15(22)13(3)20(14)25-21(18)19;1-11-5-8-17(24(4)10-11)18-12(2)6-7-14-19-16(23)9-15(22)13(3)20(19)25-21(14)18;1-12-5-8-17(23(4)11-12)20-14(3)9-13(2)19-16-7-6-15(22)10-18(16)24-21(19)20;1-12-5-8-17(23(4)11-12)20-13(2)6-7-16-19-14(3)9-15(22)10-18(19)24-21(16)20;1-12-5-8-18(23(4)11-12)20-13(2)6-7-15-16-9-14(3)17(22)10-19(16)24-21(15)20/h2*5-10H,1-4H3;3*5-11H,1-4H3/q5*+1. The van der Waals surface area contributed by atoms with Crippen molar-refractivity contribution in [2.45, 2.75) is 104 Å². The molecule has 0 unspecified atom stereocenters. The predicted octanol–water partition coefficient (Wildman–Crippen LogP) is 26.0. The minimum absolute atomic E-state index is 0.235. The van der Waals surface area contributed by atoms with Crippen molar-refractivity contribution < 1.29 is 75.7 Å². The zero-order valence-corrected chi connectivity index (χ0v) is 72.0. The van der Waals surface area contributed by atoms with Gasteiger partial charge in [-0.1, -0.05) is 42.5 Å². The summed E-state index contributed by atoms with van der Waals surface area (Å²) in [6, 6.07) is 51.5. The van der Waals surface area contributed by atoms with Crippen molar-refractivity contribution >= 4 is 110 Å². The molecule has 612 valence electrons. The summed E-state index contributed by atoms with van der Waals surface area (Å²) in [5.41, 5.74) is 30.5. The molecule has 0 aliphatic heterocycles. The van der Waals surface area contributed by atoms with E-state index in [1.807, 2.05) is 134 Å². The first-order valence-electron chi connectivity index (χ1n) is 40.4. The van der Waals surface area contributed by atoms with Crippen molar-refractivity contribution in [1.82, 2.24) is 0 Å². The molecule has 0 spiro atoms. The maximum atomic E-state index is 14.7. The second kappa shape index (κ2) is 31.9. The van der Waals surface area contributed by atoms with Crippen LogP contribution < -0.4 is 22.8 Å². The quantitative estimate of drug-likeness (QED) is 0.127. The molecule has 0 fully saturated rings. The highest BCUT2D eigenvalue weighted by Gasteiger charge is 2.30. The SMILES string of the molecule is Cc1ccc(-c2c(C)cc(C)c3c2oc2cc(F)ccc23)[n+](C)c1.Cc1ccc(-c2c(C)cc(F)c3c2oc2c(C)c(F)ccc23)[n+](C)c1.Cc1ccc(-c2c(C)ccc3c2oc2c(C)c(F)cc(F)c23)[n+](C)c1.Cc1ccc(-c2c(C)ccc3c2oc2cc(F)c(C)cc23)[n+](C)c1.Cc1ccc(-c2c(C)ccc3c2oc2cc(F)cc(C)c23)[n+](C)c1. The highest BCUT2D eigenvalue weighted by atomic mass is 19.2. The van der Waals surface area contributed by atoms with E-state index in [9.17, 15) is 30.7 Å². The van der Waals surface area contributed by atoms with Crippen molar-refractivity contribution in [3.63, 3.8) is 0 Å². The third kappa shape index (κ3) is 14.6. The Morgan fingerprint density at radius 2 is 0.566 bits per heavy atom. The third-order valence-corrected chi connectivity index (χ3v) is 23.5. The smallest absolute Gasteiger partial charge is 0.216 e. The van der Waals surface area contributed by atoms with Crippen LogP contribution in [0.5, 0.6) is 0 Å². The summed E-state index contributed by atoms with van der Waals surface area (Å²) in [5, 5.41) is 8.02. The van der Waals surface area contributed by atoms with Crippen molar-refractivity contribution in [3.8, 4) is 56.3 Å². The molecule has 0 bridgehead atoms. The molecular formula is C105H93F7N5O5+5. The van der Waals surface area contributed by atoms with Gasteiger partial charge in [0.2, 0.25) is 28.5 Å². The molecule has 0 saturated carbocycles. The van der Waals surface area contributed by atoms with Gasteiger partial charge in [-0.05, 0) is 221 Å². The van der Waals surface area contributed by atoms with Crippen molar-refractivity contribution in [1.29, 1.82) is 0 Å². The van der Waals surface area contributed by atoms with Crippen LogP contribution in [0.3, 0.4) is 0 Å². The van der Waals surface area contributed by atoms with Gasteiger partial charge in [-0.2, -0.15) is 0 Å². The molecule has 0 N–H and O–H groups in total. The number of fused-ring (bicyclic) bond motifs is 15. The van der Waals surface area contributed by atoms with Crippen molar-refractivity contribution in [2.75, 3.05) is 0 Å². The molecule has 0 amide bonds. The van der Waals surface area contributed by atoms with Crippen LogP contribution in [-0.2, 0) is 35.2 Å². The average Bonchev–Trinajstić information content (AvgIpc) is 1.59. The molecular weight excluding hydrogens is 1540 g/mol. The zero-order chi connectivity index (χ0) is 86.8. The fraction of sp³-hybridized carbons (Fsp3) is 0.190. The summed E-state index contributed by atoms with van der Waals surface area (Å²) in [6.45, 7) is 29.4. The predicted molar refractivity (Wildman–Crippen MR) is 472 cm³/mol. The Bertz CT molecular complexity index is 7750. The van der Waals surface area contributed by atoms with Crippen molar-refractivity contribution in [3.05, 3.63) is 325 Å². The molecule has 0 aliphatic rings. The molecule has 10 nitrogen and oxygen atoms in total. The topological polar surface area (TPSA) is 85.1 Å². The van der Waals surface area contributed by atoms with Crippen molar-refractivity contribution in [2.24, 2.45) is 35.2 Å². The lowest BCUT2D eigenvalue weighted by Gasteiger charge is -2.08. The van der Waals surface area contributed by atoms with Gasteiger partial charge < -0.3 is 22.1 Å². The lowest BCUT2D eigenvalue weighted by atomic mass is 9.96. The Kier molecular flexibility index (Phi) is 21.5. The number of rotatable bonds is 5. The number of benzene rings is 10. The van der Waals surface area contributed by atoms with Gasteiger partial charge in [-0.25, -0.2) is 53.6 Å². The molecule has 10 aromatic carbocycles. The summed E-state index contributed by atoms with van der Waals surface area (Å²) in [5.74, 6) is -2.68. The van der Waals surface area contributed by atoms with Crippen LogP contribution in [-0.4, -0.2) is 0 Å². The van der Waals surface area contributed by atoms with Crippen LogP contribution in [0.2, 0.25) is 0 Å². The van der Waals surface area contributed by atoms with Gasteiger partial charge in [0.05, 0.1) is 38.6 Å². The highest BCUT2D eigenvalue weighted by molar-refractivity contribution is 6.15. The molecule has 20 aromatic rings. The first kappa shape index (κ1) is 82.2. The number of aromatic nitrogens is 5. The highest BCUT2D eigenvalue weighted by Crippen LogP contribution is 2.46. The molecule has 0 atom stereocenters. The first-order valence-corrected chi connectivity index (χ1v) is 40.4. The summed E-state index contributed by atoms with van der Waals surface area (Å²) in [7, 11) is 10.0. The number of furan rings is 5. The van der Waals surface area contributed by atoms with Crippen LogP contribution in [0, 0.1) is 145 Å². The van der Waals surface area contributed by atoms with Gasteiger partial charge in [0.1, 0.15) is 126 Å². The van der Waals surface area contributed by atoms with Gasteiger partial charge in [0.25, 0.3) is 0 Å². The molecule has 20 rings (SSSR count). The number of pyridine rings is 5. The monoisotopic (exact) mass is 1640 g/mol. The number of nitrogens with zero attached hydrogens (tertiary/aromatic N) is 5. The van der Waals surface area contributed by atoms with Crippen LogP contribution >= 0.6 is 0 Å². The second-order valence-electron chi connectivity index (χ2n) is 32.8. The van der Waals surface area contributed by atoms with E-state index in [0.717, 1.165) is 161 Å². The summed E-state index contributed by atoms with van der Waals surface area (Å²) < 4.78 is 139. The number of halogens is 7. The van der Waals surface area contributed by atoms with Crippen LogP contribution in [0.4, 0.5) is 30.7 Å². The number of aryl methyl sites for hydroxylation is 20. The minimum atomic E-state index is -0.597. The van der Waals surface area contributed by atoms with Crippen LogP contribution in [0.15, 0.2) is 223 Å². The largest absolute Gasteiger partial charge is 0.455 e. The van der Waals surface area contributed by atoms with Gasteiger partial charge in [0, 0.05) is 137 Å². The van der Waals surface area contributed by atoms with E-state index < -0.39 is 11.6 Å². The van der Waals surface area contributed by atoms with E-state index in [4.69, 9.17) is 22.1 Å². The molecule has 0 radical (unpaired) electrons.